The van der Waals surface area contributed by atoms with E-state index in [1.54, 1.807) is 24.3 Å². The molecule has 0 aliphatic heterocycles. The van der Waals surface area contributed by atoms with Gasteiger partial charge in [0.25, 0.3) is 0 Å². The fraction of sp³-hybridized carbons (Fsp3) is 0.368. The van der Waals surface area contributed by atoms with Crippen molar-refractivity contribution in [3.63, 3.8) is 0 Å². The Bertz CT molecular complexity index is 1970. The number of anilines is 1. The van der Waals surface area contributed by atoms with Crippen LogP contribution in [0.15, 0.2) is 91.5 Å². The Morgan fingerprint density at radius 3 is 1.88 bits per heavy atom. The molecule has 13 nitrogen and oxygen atoms in total. The molecule has 0 saturated heterocycles. The van der Waals surface area contributed by atoms with Gasteiger partial charge in [-0.05, 0) is 41.0 Å². The molecule has 5 rings (SSSR count). The monoisotopic (exact) mass is 807 g/mol. The van der Waals surface area contributed by atoms with E-state index in [1.807, 2.05) is 54.6 Å². The molecule has 0 radical (unpaired) electrons. The molecule has 1 amide bonds. The molecule has 2 heterocycles. The van der Waals surface area contributed by atoms with Gasteiger partial charge < -0.3 is 38.8 Å². The second kappa shape index (κ2) is 18.7. The van der Waals surface area contributed by atoms with E-state index in [1.165, 1.54) is 38.4 Å². The predicted molar refractivity (Wildman–Crippen MR) is 191 cm³/mol. The molecule has 2 aromatic heterocycles. The summed E-state index contributed by atoms with van der Waals surface area (Å²) in [5.74, 6) is -2.84. The van der Waals surface area contributed by atoms with Crippen LogP contribution in [0.1, 0.15) is 23.6 Å². The van der Waals surface area contributed by atoms with Gasteiger partial charge in [0.05, 0.1) is 40.4 Å². The van der Waals surface area contributed by atoms with Gasteiger partial charge in [-0.15, -0.1) is 0 Å². The maximum Gasteiger partial charge on any atom is 0.402 e. The summed E-state index contributed by atoms with van der Waals surface area (Å²) >= 11 is 0. The van der Waals surface area contributed by atoms with E-state index < -0.39 is 62.0 Å². The Hall–Kier alpha value is -5.34. The third kappa shape index (κ3) is 10.5. The highest BCUT2D eigenvalue weighted by molar-refractivity contribution is 5.95. The van der Waals surface area contributed by atoms with Gasteiger partial charge in [-0.25, -0.2) is 15.0 Å². The number of rotatable bonds is 19. The molecule has 57 heavy (non-hydrogen) atoms. The van der Waals surface area contributed by atoms with Crippen LogP contribution in [-0.4, -0.2) is 95.9 Å². The highest BCUT2D eigenvalue weighted by Crippen LogP contribution is 2.42. The van der Waals surface area contributed by atoms with Crippen molar-refractivity contribution < 1.29 is 64.7 Å². The van der Waals surface area contributed by atoms with Crippen LogP contribution in [-0.2, 0) is 36.1 Å². The van der Waals surface area contributed by atoms with E-state index in [2.05, 4.69) is 25.0 Å². The largest absolute Gasteiger partial charge is 0.497 e. The number of carbonyl (C=O) groups excluding carboxylic acids is 1. The molecule has 19 heteroatoms. The van der Waals surface area contributed by atoms with Crippen LogP contribution >= 0.6 is 0 Å². The SMILES string of the molecule is COc1ccc(C(OC[C@@H](OCn2cnc3c(NC(C)=O)ncnc32)C(O)COCOCC(C(F)(F)F)C(F)(F)F)(c2ccccc2)c2ccc(OC)cc2)cc1. The van der Waals surface area contributed by atoms with Crippen LogP contribution in [0.2, 0.25) is 0 Å². The number of imidazole rings is 1. The van der Waals surface area contributed by atoms with E-state index in [0.29, 0.717) is 28.2 Å². The number of methoxy groups -OCH3 is 2. The molecule has 306 valence electrons. The summed E-state index contributed by atoms with van der Waals surface area (Å²) in [4.78, 5) is 24.3. The van der Waals surface area contributed by atoms with Crippen molar-refractivity contribution in [2.45, 2.75) is 43.8 Å². The molecule has 0 spiro atoms. The summed E-state index contributed by atoms with van der Waals surface area (Å²) in [6.45, 7) is -2.79. The normalized spacial score (nSPS) is 13.5. The number of alkyl halides is 6. The summed E-state index contributed by atoms with van der Waals surface area (Å²) in [5, 5.41) is 14.0. The molecular weight excluding hydrogens is 768 g/mol. The number of aliphatic hydroxyl groups is 1. The summed E-state index contributed by atoms with van der Waals surface area (Å²) in [7, 11) is 3.05. The first kappa shape index (κ1) is 42.8. The van der Waals surface area contributed by atoms with Gasteiger partial charge in [-0.3, -0.25) is 9.36 Å². The van der Waals surface area contributed by atoms with E-state index in [-0.39, 0.29) is 30.3 Å². The fourth-order valence-electron chi connectivity index (χ4n) is 5.84. The van der Waals surface area contributed by atoms with Crippen LogP contribution in [0.3, 0.4) is 0 Å². The highest BCUT2D eigenvalue weighted by atomic mass is 19.4. The van der Waals surface area contributed by atoms with Crippen LogP contribution in [0.5, 0.6) is 11.5 Å². The van der Waals surface area contributed by atoms with Crippen LogP contribution in [0.25, 0.3) is 11.2 Å². The number of amides is 1. The van der Waals surface area contributed by atoms with Crippen LogP contribution in [0, 0.1) is 5.92 Å². The Balaban J connectivity index is 1.46. The molecule has 0 fully saturated rings. The average Bonchev–Trinajstić information content (AvgIpc) is 3.61. The smallest absolute Gasteiger partial charge is 0.402 e. The Labute approximate surface area is 322 Å². The average molecular weight is 808 g/mol. The fourth-order valence-corrected chi connectivity index (χ4v) is 5.84. The maximum atomic E-state index is 13.0. The minimum atomic E-state index is -5.60. The zero-order valence-corrected chi connectivity index (χ0v) is 30.8. The number of hydrogen-bond donors (Lipinski definition) is 2. The van der Waals surface area contributed by atoms with Gasteiger partial charge in [0, 0.05) is 6.92 Å². The lowest BCUT2D eigenvalue weighted by Gasteiger charge is -2.37. The first-order chi connectivity index (χ1) is 27.2. The number of hydrogen-bond acceptors (Lipinski definition) is 11. The summed E-state index contributed by atoms with van der Waals surface area (Å²) in [5.41, 5.74) is 1.07. The number of fused-ring (bicyclic) bond motifs is 1. The molecule has 1 unspecified atom stereocenters. The summed E-state index contributed by atoms with van der Waals surface area (Å²) in [6, 6.07) is 23.4. The third-order valence-electron chi connectivity index (χ3n) is 8.72. The van der Waals surface area contributed by atoms with Crippen molar-refractivity contribution in [2.75, 3.05) is 46.1 Å². The minimum absolute atomic E-state index is 0.143. The number of ether oxygens (including phenoxy) is 6. The number of nitrogens with one attached hydrogen (secondary N) is 1. The number of nitrogens with zero attached hydrogens (tertiary/aromatic N) is 4. The summed E-state index contributed by atoms with van der Waals surface area (Å²) < 4.78 is 113. The van der Waals surface area contributed by atoms with Crippen molar-refractivity contribution in [3.8, 4) is 11.5 Å². The lowest BCUT2D eigenvalue weighted by atomic mass is 9.80. The highest BCUT2D eigenvalue weighted by Gasteiger charge is 2.56. The Morgan fingerprint density at radius 1 is 0.772 bits per heavy atom. The number of aliphatic hydroxyl groups excluding tert-OH is 1. The van der Waals surface area contributed by atoms with E-state index in [9.17, 15) is 36.2 Å². The van der Waals surface area contributed by atoms with Gasteiger partial charge in [-0.2, -0.15) is 26.3 Å². The van der Waals surface area contributed by atoms with Gasteiger partial charge in [-0.1, -0.05) is 54.6 Å². The molecule has 3 aromatic carbocycles. The van der Waals surface area contributed by atoms with Crippen LogP contribution in [0.4, 0.5) is 32.2 Å². The Morgan fingerprint density at radius 2 is 1.33 bits per heavy atom. The first-order valence-electron chi connectivity index (χ1n) is 17.2. The van der Waals surface area contributed by atoms with E-state index >= 15 is 0 Å². The predicted octanol–water partition coefficient (Wildman–Crippen LogP) is 6.25. The third-order valence-corrected chi connectivity index (χ3v) is 8.72. The first-order valence-corrected chi connectivity index (χ1v) is 17.2. The van der Waals surface area contributed by atoms with Crippen molar-refractivity contribution in [3.05, 3.63) is 108 Å². The van der Waals surface area contributed by atoms with Crippen molar-refractivity contribution in [1.82, 2.24) is 19.5 Å². The van der Waals surface area contributed by atoms with Gasteiger partial charge in [0.1, 0.15) is 49.2 Å². The Kier molecular flexibility index (Phi) is 14.1. The molecule has 5 aromatic rings. The second-order valence-electron chi connectivity index (χ2n) is 12.5. The van der Waals surface area contributed by atoms with Gasteiger partial charge in [0.15, 0.2) is 22.9 Å². The van der Waals surface area contributed by atoms with Gasteiger partial charge >= 0.3 is 12.4 Å². The molecule has 2 N–H and O–H groups in total. The second-order valence-corrected chi connectivity index (χ2v) is 12.5. The number of carbonyl (C=O) groups is 1. The van der Waals surface area contributed by atoms with E-state index in [4.69, 9.17) is 23.7 Å². The van der Waals surface area contributed by atoms with E-state index in [0.717, 1.165) is 0 Å². The lowest BCUT2D eigenvalue weighted by Crippen LogP contribution is -2.42. The number of aromatic nitrogens is 4. The number of benzene rings is 3. The minimum Gasteiger partial charge on any atom is -0.497 e. The molecule has 0 aliphatic carbocycles. The molecule has 0 aliphatic rings. The molecule has 2 atom stereocenters. The lowest BCUT2D eigenvalue weighted by molar-refractivity contribution is -0.298. The van der Waals surface area contributed by atoms with Crippen LogP contribution < -0.4 is 14.8 Å². The molecule has 0 saturated carbocycles. The quantitative estimate of drug-likeness (QED) is 0.0423. The van der Waals surface area contributed by atoms with Crippen molar-refractivity contribution >= 4 is 22.9 Å². The summed E-state index contributed by atoms with van der Waals surface area (Å²) in [6.07, 6.45) is -11.5. The van der Waals surface area contributed by atoms with Crippen molar-refractivity contribution in [2.24, 2.45) is 5.92 Å². The number of halogens is 6. The maximum absolute atomic E-state index is 13.0. The standard InChI is InChI=1S/C38H39F6N5O8/c1-24(50)48-34-33-35(46-20-45-34)49(21-47-33)22-56-31(30(51)17-54-23-55-19-32(37(39,40)41)38(42,43)44)18-57-36(25-7-5-4-6-8-25,26-9-13-28(52-2)14-10-26)27-11-15-29(53-3)16-12-27/h4-16,20-21,30-32,51H,17-19,22-23H2,1-3H3,(H,45,46,48,50)/t30?,31-/m1/s1. The van der Waals surface area contributed by atoms with Gasteiger partial charge in [0.2, 0.25) is 5.91 Å². The van der Waals surface area contributed by atoms with Crippen molar-refractivity contribution in [1.29, 1.82) is 0 Å². The topological polar surface area (TPSA) is 148 Å². The molecular formula is C38H39F6N5O8. The zero-order valence-electron chi connectivity index (χ0n) is 30.8. The zero-order chi connectivity index (χ0) is 41.2. The molecule has 0 bridgehead atoms.